The van der Waals surface area contributed by atoms with E-state index in [1.807, 2.05) is 30.2 Å². The van der Waals surface area contributed by atoms with E-state index in [-0.39, 0.29) is 11.3 Å². The van der Waals surface area contributed by atoms with Gasteiger partial charge in [0.25, 0.3) is 5.91 Å². The summed E-state index contributed by atoms with van der Waals surface area (Å²) in [6.07, 6.45) is 3.02. The van der Waals surface area contributed by atoms with E-state index in [0.717, 1.165) is 35.5 Å². The van der Waals surface area contributed by atoms with Crippen molar-refractivity contribution in [3.8, 4) is 0 Å². The van der Waals surface area contributed by atoms with Gasteiger partial charge in [-0.1, -0.05) is 13.0 Å². The van der Waals surface area contributed by atoms with Gasteiger partial charge in [-0.25, -0.2) is 0 Å². The van der Waals surface area contributed by atoms with Crippen molar-refractivity contribution in [1.29, 1.82) is 0 Å². The number of carbonyl (C=O) groups excluding carboxylic acids is 1. The zero-order valence-electron chi connectivity index (χ0n) is 11.9. The third-order valence-electron chi connectivity index (χ3n) is 4.01. The predicted molar refractivity (Wildman–Crippen MR) is 80.6 cm³/mol. The summed E-state index contributed by atoms with van der Waals surface area (Å²) in [5.41, 5.74) is 7.76. The minimum atomic E-state index is 0.0840. The number of nitrogens with zero attached hydrogens (tertiary/aromatic N) is 1. The van der Waals surface area contributed by atoms with Crippen LogP contribution >= 0.6 is 11.8 Å². The molecule has 1 aromatic rings. The minimum absolute atomic E-state index is 0.0840. The van der Waals surface area contributed by atoms with Gasteiger partial charge in [-0.3, -0.25) is 4.79 Å². The van der Waals surface area contributed by atoms with E-state index in [1.165, 1.54) is 0 Å². The van der Waals surface area contributed by atoms with Crippen molar-refractivity contribution in [2.45, 2.75) is 25.2 Å². The molecule has 1 heterocycles. The molecule has 1 saturated heterocycles. The van der Waals surface area contributed by atoms with Gasteiger partial charge in [0.05, 0.1) is 0 Å². The predicted octanol–water partition coefficient (Wildman–Crippen LogP) is 2.53. The molecular weight excluding hydrogens is 256 g/mol. The number of aryl methyl sites for hydroxylation is 1. The van der Waals surface area contributed by atoms with Gasteiger partial charge in [0.1, 0.15) is 0 Å². The van der Waals surface area contributed by atoms with Crippen LogP contribution in [0.5, 0.6) is 0 Å². The molecule has 2 rings (SSSR count). The second-order valence-electron chi connectivity index (χ2n) is 5.67. The van der Waals surface area contributed by atoms with Gasteiger partial charge in [0.15, 0.2) is 0 Å². The summed E-state index contributed by atoms with van der Waals surface area (Å²) in [6.45, 7) is 6.38. The van der Waals surface area contributed by atoms with E-state index >= 15 is 0 Å². The fourth-order valence-corrected chi connectivity index (χ4v) is 2.93. The number of nitrogens with two attached hydrogens (primary N) is 1. The largest absolute Gasteiger partial charge is 0.338 e. The molecule has 0 spiro atoms. The Kier molecular flexibility index (Phi) is 4.21. The highest BCUT2D eigenvalue weighted by molar-refractivity contribution is 7.98. The molecule has 1 aromatic carbocycles. The molecule has 3 nitrogen and oxygen atoms in total. The average Bonchev–Trinajstić information content (AvgIpc) is 2.82. The van der Waals surface area contributed by atoms with Crippen molar-refractivity contribution in [1.82, 2.24) is 4.90 Å². The molecule has 19 heavy (non-hydrogen) atoms. The summed E-state index contributed by atoms with van der Waals surface area (Å²) in [5.74, 6) is 0.144. The summed E-state index contributed by atoms with van der Waals surface area (Å²) in [5, 5.41) is 0. The van der Waals surface area contributed by atoms with Crippen molar-refractivity contribution in [2.75, 3.05) is 25.9 Å². The van der Waals surface area contributed by atoms with Crippen LogP contribution in [0.2, 0.25) is 0 Å². The molecule has 4 heteroatoms. The molecule has 104 valence electrons. The van der Waals surface area contributed by atoms with Crippen LogP contribution in [0.4, 0.5) is 0 Å². The second kappa shape index (κ2) is 5.55. The maximum Gasteiger partial charge on any atom is 0.254 e. The zero-order valence-corrected chi connectivity index (χ0v) is 12.7. The fourth-order valence-electron chi connectivity index (χ4n) is 2.49. The molecule has 0 saturated carbocycles. The van der Waals surface area contributed by atoms with Crippen molar-refractivity contribution >= 4 is 17.7 Å². The molecule has 0 aliphatic carbocycles. The smallest absolute Gasteiger partial charge is 0.254 e. The lowest BCUT2D eigenvalue weighted by Gasteiger charge is -2.23. The van der Waals surface area contributed by atoms with Crippen molar-refractivity contribution in [3.05, 3.63) is 29.3 Å². The molecule has 0 bridgehead atoms. The Bertz CT molecular complexity index is 489. The quantitative estimate of drug-likeness (QED) is 0.864. The maximum absolute atomic E-state index is 12.6. The molecule has 0 radical (unpaired) electrons. The molecule has 1 atom stereocenters. The summed E-state index contributed by atoms with van der Waals surface area (Å²) < 4.78 is 0. The first kappa shape index (κ1) is 14.4. The summed E-state index contributed by atoms with van der Waals surface area (Å²) in [4.78, 5) is 15.7. The lowest BCUT2D eigenvalue weighted by Crippen LogP contribution is -2.34. The standard InChI is InChI=1S/C15H22N2OS/c1-11-4-5-12(19-3)8-13(11)14(18)17-7-6-15(2,9-16)10-17/h4-5,8H,6-7,9-10,16H2,1-3H3. The monoisotopic (exact) mass is 278 g/mol. The highest BCUT2D eigenvalue weighted by atomic mass is 32.2. The number of likely N-dealkylation sites (tertiary alicyclic amines) is 1. The molecule has 0 aromatic heterocycles. The number of amides is 1. The van der Waals surface area contributed by atoms with E-state index in [1.54, 1.807) is 11.8 Å². The third-order valence-corrected chi connectivity index (χ3v) is 4.74. The van der Waals surface area contributed by atoms with Crippen LogP contribution in [-0.2, 0) is 0 Å². The topological polar surface area (TPSA) is 46.3 Å². The van der Waals surface area contributed by atoms with Gasteiger partial charge >= 0.3 is 0 Å². The highest BCUT2D eigenvalue weighted by Crippen LogP contribution is 2.30. The van der Waals surface area contributed by atoms with Crippen LogP contribution in [0.3, 0.4) is 0 Å². The van der Waals surface area contributed by atoms with Gasteiger partial charge in [-0.2, -0.15) is 0 Å². The maximum atomic E-state index is 12.6. The van der Waals surface area contributed by atoms with Gasteiger partial charge < -0.3 is 10.6 Å². The second-order valence-corrected chi connectivity index (χ2v) is 6.55. The summed E-state index contributed by atoms with van der Waals surface area (Å²) >= 11 is 1.67. The Labute approximate surface area is 119 Å². The van der Waals surface area contributed by atoms with Crippen LogP contribution in [0.1, 0.15) is 29.3 Å². The van der Waals surface area contributed by atoms with E-state index in [2.05, 4.69) is 13.0 Å². The normalized spacial score (nSPS) is 22.8. The number of benzene rings is 1. The number of hydrogen-bond acceptors (Lipinski definition) is 3. The Morgan fingerprint density at radius 2 is 2.26 bits per heavy atom. The van der Waals surface area contributed by atoms with Crippen LogP contribution in [0, 0.1) is 12.3 Å². The third kappa shape index (κ3) is 2.95. The van der Waals surface area contributed by atoms with Gasteiger partial charge in [-0.05, 0) is 49.3 Å². The Hall–Kier alpha value is -1.00. The molecule has 1 aliphatic heterocycles. The van der Waals surface area contributed by atoms with Crippen molar-refractivity contribution in [3.63, 3.8) is 0 Å². The highest BCUT2D eigenvalue weighted by Gasteiger charge is 2.35. The van der Waals surface area contributed by atoms with E-state index in [4.69, 9.17) is 5.73 Å². The Morgan fingerprint density at radius 1 is 1.53 bits per heavy atom. The average molecular weight is 278 g/mol. The van der Waals surface area contributed by atoms with Crippen molar-refractivity contribution in [2.24, 2.45) is 11.1 Å². The van der Waals surface area contributed by atoms with Crippen LogP contribution < -0.4 is 5.73 Å². The number of thioether (sulfide) groups is 1. The van der Waals surface area contributed by atoms with Crippen LogP contribution in [0.15, 0.2) is 23.1 Å². The summed E-state index contributed by atoms with van der Waals surface area (Å²) in [7, 11) is 0. The first-order valence-electron chi connectivity index (χ1n) is 6.63. The lowest BCUT2D eigenvalue weighted by atomic mass is 9.90. The van der Waals surface area contributed by atoms with Gasteiger partial charge in [-0.15, -0.1) is 11.8 Å². The van der Waals surface area contributed by atoms with E-state index in [9.17, 15) is 4.79 Å². The SMILES string of the molecule is CSc1ccc(C)c(C(=O)N2CCC(C)(CN)C2)c1. The van der Waals surface area contributed by atoms with Crippen molar-refractivity contribution < 1.29 is 4.79 Å². The fraction of sp³-hybridized carbons (Fsp3) is 0.533. The first-order chi connectivity index (χ1) is 8.99. The van der Waals surface area contributed by atoms with Crippen LogP contribution in [0.25, 0.3) is 0 Å². The molecular formula is C15H22N2OS. The zero-order chi connectivity index (χ0) is 14.0. The Morgan fingerprint density at radius 3 is 2.84 bits per heavy atom. The first-order valence-corrected chi connectivity index (χ1v) is 7.85. The molecule has 1 amide bonds. The number of hydrogen-bond donors (Lipinski definition) is 1. The Balaban J connectivity index is 2.21. The molecule has 2 N–H and O–H groups in total. The lowest BCUT2D eigenvalue weighted by molar-refractivity contribution is 0.0776. The van der Waals surface area contributed by atoms with E-state index in [0.29, 0.717) is 6.54 Å². The molecule has 1 aliphatic rings. The molecule has 1 fully saturated rings. The van der Waals surface area contributed by atoms with E-state index < -0.39 is 0 Å². The van der Waals surface area contributed by atoms with Gasteiger partial charge in [0.2, 0.25) is 0 Å². The minimum Gasteiger partial charge on any atom is -0.338 e. The summed E-state index contributed by atoms with van der Waals surface area (Å²) in [6, 6.07) is 6.09. The van der Waals surface area contributed by atoms with Gasteiger partial charge in [0, 0.05) is 23.5 Å². The number of carbonyl (C=O) groups is 1. The van der Waals surface area contributed by atoms with Crippen LogP contribution in [-0.4, -0.2) is 36.7 Å². The molecule has 1 unspecified atom stereocenters. The number of rotatable bonds is 3.